The molecule has 1 fully saturated rings. The minimum absolute atomic E-state index is 0.0193. The number of hydrogen-bond acceptors (Lipinski definition) is 7. The average Bonchev–Trinajstić information content (AvgIpc) is 3.53. The third-order valence-electron chi connectivity index (χ3n) is 6.05. The van der Waals surface area contributed by atoms with Crippen molar-refractivity contribution in [2.45, 2.75) is 39.5 Å². The maximum absolute atomic E-state index is 12.6. The highest BCUT2D eigenvalue weighted by atomic mass is 32.1. The minimum atomic E-state index is -0.453. The molecule has 0 bridgehead atoms. The molecule has 35 heavy (non-hydrogen) atoms. The molecule has 1 aliphatic heterocycles. The molecule has 0 atom stereocenters. The molecule has 3 aromatic rings. The lowest BCUT2D eigenvalue weighted by Gasteiger charge is -2.31. The fraction of sp³-hybridized carbons (Fsp3) is 0.360. The summed E-state index contributed by atoms with van der Waals surface area (Å²) in [5.41, 5.74) is 7.44. The zero-order valence-corrected chi connectivity index (χ0v) is 21.6. The Morgan fingerprint density at radius 3 is 2.46 bits per heavy atom. The Labute approximate surface area is 212 Å². The first-order chi connectivity index (χ1) is 16.8. The number of likely N-dealkylation sites (tertiary alicyclic amines) is 1. The van der Waals surface area contributed by atoms with E-state index in [1.54, 1.807) is 11.4 Å². The lowest BCUT2D eigenvalue weighted by molar-refractivity contribution is -0.134. The number of thiophene rings is 1. The Morgan fingerprint density at radius 2 is 1.77 bits per heavy atom. The molecule has 0 saturated carbocycles. The number of rotatable bonds is 6. The number of amides is 3. The van der Waals surface area contributed by atoms with Crippen molar-refractivity contribution in [1.29, 1.82) is 0 Å². The summed E-state index contributed by atoms with van der Waals surface area (Å²) >= 11 is 2.79. The molecule has 3 heterocycles. The SMILES string of the molecule is Cc1ccc(C(=O)NNC(=O)c2csc(C3CCN(C(=O)COc4ccc(C)c(C)c4)CC3)n2)s1. The zero-order chi connectivity index (χ0) is 24.9. The summed E-state index contributed by atoms with van der Waals surface area (Å²) in [6.45, 7) is 7.23. The van der Waals surface area contributed by atoms with Crippen LogP contribution < -0.4 is 15.6 Å². The fourth-order valence-corrected chi connectivity index (χ4v) is 5.53. The highest BCUT2D eigenvalue weighted by molar-refractivity contribution is 7.14. The van der Waals surface area contributed by atoms with E-state index in [-0.39, 0.29) is 30.0 Å². The maximum Gasteiger partial charge on any atom is 0.289 e. The normalized spacial score (nSPS) is 14.0. The van der Waals surface area contributed by atoms with Gasteiger partial charge in [0.1, 0.15) is 11.4 Å². The molecule has 1 saturated heterocycles. The van der Waals surface area contributed by atoms with E-state index in [4.69, 9.17) is 4.74 Å². The smallest absolute Gasteiger partial charge is 0.289 e. The predicted octanol–water partition coefficient (Wildman–Crippen LogP) is 3.99. The van der Waals surface area contributed by atoms with E-state index >= 15 is 0 Å². The van der Waals surface area contributed by atoms with Gasteiger partial charge in [-0.1, -0.05) is 6.07 Å². The summed E-state index contributed by atoms with van der Waals surface area (Å²) in [6.07, 6.45) is 1.55. The Balaban J connectivity index is 1.23. The van der Waals surface area contributed by atoms with E-state index in [9.17, 15) is 14.4 Å². The van der Waals surface area contributed by atoms with Crippen LogP contribution in [0.25, 0.3) is 0 Å². The number of hydrogen-bond donors (Lipinski definition) is 2. The van der Waals surface area contributed by atoms with Crippen molar-refractivity contribution in [1.82, 2.24) is 20.7 Å². The molecular weight excluding hydrogens is 484 g/mol. The number of benzene rings is 1. The second-order valence-corrected chi connectivity index (χ2v) is 10.8. The van der Waals surface area contributed by atoms with Crippen LogP contribution in [0.15, 0.2) is 35.7 Å². The van der Waals surface area contributed by atoms with Gasteiger partial charge in [0.2, 0.25) is 0 Å². The standard InChI is InChI=1S/C25H28N4O4S2/c1-15-4-6-19(12-16(15)2)33-13-22(30)29-10-8-18(9-11-29)25-26-20(14-34-25)23(31)27-28-24(32)21-7-5-17(3)35-21/h4-7,12,14,18H,8-11,13H2,1-3H3,(H,27,31)(H,28,32). The molecule has 2 aromatic heterocycles. The van der Waals surface area contributed by atoms with Gasteiger partial charge in [-0.15, -0.1) is 22.7 Å². The first kappa shape index (κ1) is 24.9. The molecule has 8 nitrogen and oxygen atoms in total. The van der Waals surface area contributed by atoms with Crippen LogP contribution in [0, 0.1) is 20.8 Å². The van der Waals surface area contributed by atoms with Gasteiger partial charge in [0.05, 0.1) is 9.88 Å². The van der Waals surface area contributed by atoms with Gasteiger partial charge in [-0.05, 0) is 69.0 Å². The summed E-state index contributed by atoms with van der Waals surface area (Å²) in [5.74, 6) is 0.0507. The zero-order valence-electron chi connectivity index (χ0n) is 19.9. The summed E-state index contributed by atoms with van der Waals surface area (Å²) < 4.78 is 5.69. The molecular formula is C25H28N4O4S2. The van der Waals surface area contributed by atoms with Gasteiger partial charge in [0.25, 0.3) is 17.7 Å². The molecule has 1 aromatic carbocycles. The van der Waals surface area contributed by atoms with Crippen LogP contribution in [0.3, 0.4) is 0 Å². The Kier molecular flexibility index (Phi) is 7.82. The van der Waals surface area contributed by atoms with Crippen molar-refractivity contribution in [2.75, 3.05) is 19.7 Å². The summed E-state index contributed by atoms with van der Waals surface area (Å²) in [4.78, 5) is 45.0. The monoisotopic (exact) mass is 512 g/mol. The molecule has 0 unspecified atom stereocenters. The number of thiazole rings is 1. The van der Waals surface area contributed by atoms with Gasteiger partial charge in [-0.2, -0.15) is 0 Å². The van der Waals surface area contributed by atoms with E-state index in [1.165, 1.54) is 28.2 Å². The largest absolute Gasteiger partial charge is 0.484 e. The minimum Gasteiger partial charge on any atom is -0.484 e. The van der Waals surface area contributed by atoms with Gasteiger partial charge in [-0.3, -0.25) is 25.2 Å². The third kappa shape index (κ3) is 6.26. The van der Waals surface area contributed by atoms with E-state index in [0.29, 0.717) is 23.7 Å². The second-order valence-electron chi connectivity index (χ2n) is 8.58. The molecule has 0 spiro atoms. The highest BCUT2D eigenvalue weighted by Crippen LogP contribution is 2.30. The number of carbonyl (C=O) groups excluding carboxylic acids is 3. The van der Waals surface area contributed by atoms with E-state index in [0.717, 1.165) is 28.3 Å². The van der Waals surface area contributed by atoms with Crippen LogP contribution >= 0.6 is 22.7 Å². The van der Waals surface area contributed by atoms with E-state index in [1.807, 2.05) is 49.9 Å². The van der Waals surface area contributed by atoms with Crippen molar-refractivity contribution in [3.8, 4) is 5.75 Å². The lowest BCUT2D eigenvalue weighted by Crippen LogP contribution is -2.41. The highest BCUT2D eigenvalue weighted by Gasteiger charge is 2.26. The van der Waals surface area contributed by atoms with Crippen LogP contribution in [-0.4, -0.2) is 47.3 Å². The Morgan fingerprint density at radius 1 is 1.03 bits per heavy atom. The Hall–Kier alpha value is -3.24. The number of ether oxygens (including phenoxy) is 1. The summed E-state index contributed by atoms with van der Waals surface area (Å²) in [5, 5.41) is 2.56. The van der Waals surface area contributed by atoms with Crippen LogP contribution in [0.2, 0.25) is 0 Å². The number of nitrogens with zero attached hydrogens (tertiary/aromatic N) is 2. The van der Waals surface area contributed by atoms with Crippen molar-refractivity contribution in [2.24, 2.45) is 0 Å². The number of carbonyl (C=O) groups is 3. The lowest BCUT2D eigenvalue weighted by atomic mass is 9.97. The topological polar surface area (TPSA) is 101 Å². The van der Waals surface area contributed by atoms with Crippen LogP contribution in [0.1, 0.15) is 59.9 Å². The quantitative estimate of drug-likeness (QED) is 0.487. The molecule has 0 aliphatic carbocycles. The number of piperidine rings is 1. The Bertz CT molecular complexity index is 1230. The van der Waals surface area contributed by atoms with Gasteiger partial charge in [0.15, 0.2) is 6.61 Å². The number of nitrogens with one attached hydrogen (secondary N) is 2. The van der Waals surface area contributed by atoms with Crippen molar-refractivity contribution >= 4 is 40.4 Å². The first-order valence-corrected chi connectivity index (χ1v) is 13.1. The number of aromatic nitrogens is 1. The second kappa shape index (κ2) is 11.0. The number of hydrazine groups is 1. The molecule has 1 aliphatic rings. The van der Waals surface area contributed by atoms with Crippen molar-refractivity contribution in [3.63, 3.8) is 0 Å². The fourth-order valence-electron chi connectivity index (χ4n) is 3.79. The first-order valence-electron chi connectivity index (χ1n) is 11.4. The van der Waals surface area contributed by atoms with Gasteiger partial charge in [0, 0.05) is 29.3 Å². The molecule has 10 heteroatoms. The molecule has 4 rings (SSSR count). The predicted molar refractivity (Wildman–Crippen MR) is 136 cm³/mol. The molecule has 0 radical (unpaired) electrons. The van der Waals surface area contributed by atoms with Gasteiger partial charge >= 0.3 is 0 Å². The van der Waals surface area contributed by atoms with Crippen LogP contribution in [0.5, 0.6) is 5.75 Å². The van der Waals surface area contributed by atoms with Crippen molar-refractivity contribution in [3.05, 3.63) is 67.3 Å². The summed E-state index contributed by atoms with van der Waals surface area (Å²) in [6, 6.07) is 9.38. The number of aryl methyl sites for hydroxylation is 3. The summed E-state index contributed by atoms with van der Waals surface area (Å²) in [7, 11) is 0. The average molecular weight is 513 g/mol. The maximum atomic E-state index is 12.6. The van der Waals surface area contributed by atoms with E-state index in [2.05, 4.69) is 15.8 Å². The van der Waals surface area contributed by atoms with E-state index < -0.39 is 5.91 Å². The van der Waals surface area contributed by atoms with Crippen molar-refractivity contribution < 1.29 is 19.1 Å². The van der Waals surface area contributed by atoms with Gasteiger partial charge < -0.3 is 9.64 Å². The van der Waals surface area contributed by atoms with Crippen LogP contribution in [-0.2, 0) is 4.79 Å². The molecule has 2 N–H and O–H groups in total. The van der Waals surface area contributed by atoms with Crippen LogP contribution in [0.4, 0.5) is 0 Å². The third-order valence-corrected chi connectivity index (χ3v) is 8.05. The molecule has 3 amide bonds. The van der Waals surface area contributed by atoms with Gasteiger partial charge in [-0.25, -0.2) is 4.98 Å². The molecule has 184 valence electrons.